The number of carboxylic acid groups (broad SMARTS) is 2. The summed E-state index contributed by atoms with van der Waals surface area (Å²) in [4.78, 5) is 43.3. The van der Waals surface area contributed by atoms with E-state index in [0.717, 1.165) is 19.4 Å². The molecule has 1 fully saturated rings. The molecule has 0 aromatic heterocycles. The third kappa shape index (κ3) is 7.59. The topological polar surface area (TPSA) is 150 Å². The Bertz CT molecular complexity index is 438. The van der Waals surface area contributed by atoms with Crippen molar-refractivity contribution in [3.8, 4) is 0 Å². The molecule has 1 heterocycles. The Morgan fingerprint density at radius 1 is 1.35 bits per heavy atom. The van der Waals surface area contributed by atoms with E-state index in [1.807, 2.05) is 10.2 Å². The van der Waals surface area contributed by atoms with Crippen LogP contribution in [0.15, 0.2) is 0 Å². The number of carbonyl (C=O) groups is 4. The molecule has 0 unspecified atom stereocenters. The lowest BCUT2D eigenvalue weighted by atomic mass is 10.0. The molecule has 0 aromatic carbocycles. The number of rotatable bonds is 7. The zero-order valence-corrected chi connectivity index (χ0v) is 13.4. The third-order valence-corrected chi connectivity index (χ3v) is 3.59. The molecule has 5 N–H and O–H groups in total. The van der Waals surface area contributed by atoms with Crippen molar-refractivity contribution in [1.29, 1.82) is 0 Å². The fourth-order valence-corrected chi connectivity index (χ4v) is 2.31. The highest BCUT2D eigenvalue weighted by molar-refractivity contribution is 5.79. The number of carbonyl (C=O) groups excluding carboxylic acids is 2. The van der Waals surface area contributed by atoms with Crippen LogP contribution in [-0.2, 0) is 19.2 Å². The maximum Gasteiger partial charge on any atom is 0.326 e. The zero-order valence-electron chi connectivity index (χ0n) is 13.4. The van der Waals surface area contributed by atoms with Crippen LogP contribution < -0.4 is 11.1 Å². The van der Waals surface area contributed by atoms with Gasteiger partial charge in [-0.15, -0.1) is 0 Å². The van der Waals surface area contributed by atoms with Gasteiger partial charge >= 0.3 is 11.9 Å². The van der Waals surface area contributed by atoms with Crippen molar-refractivity contribution in [3.63, 3.8) is 0 Å². The number of nitrogens with one attached hydrogen (secondary N) is 1. The number of amides is 2. The summed E-state index contributed by atoms with van der Waals surface area (Å²) in [6, 6.07) is -1.11. The summed E-state index contributed by atoms with van der Waals surface area (Å²) >= 11 is 0. The Labute approximate surface area is 134 Å². The molecule has 0 radical (unpaired) electrons. The van der Waals surface area contributed by atoms with E-state index in [9.17, 15) is 19.2 Å². The molecule has 1 aliphatic heterocycles. The Balaban J connectivity index is 0.000000422. The second kappa shape index (κ2) is 9.78. The van der Waals surface area contributed by atoms with Crippen LogP contribution in [0.5, 0.6) is 0 Å². The Morgan fingerprint density at radius 3 is 2.30 bits per heavy atom. The van der Waals surface area contributed by atoms with Crippen LogP contribution in [0.3, 0.4) is 0 Å². The lowest BCUT2D eigenvalue weighted by molar-refractivity contribution is -0.142. The van der Waals surface area contributed by atoms with Gasteiger partial charge in [-0.3, -0.25) is 14.4 Å². The average molecular weight is 331 g/mol. The van der Waals surface area contributed by atoms with Crippen LogP contribution >= 0.6 is 0 Å². The van der Waals surface area contributed by atoms with Crippen LogP contribution in [0.1, 0.15) is 39.5 Å². The van der Waals surface area contributed by atoms with E-state index in [0.29, 0.717) is 0 Å². The monoisotopic (exact) mass is 331 g/mol. The minimum Gasteiger partial charge on any atom is -0.481 e. The second-order valence-corrected chi connectivity index (χ2v) is 5.77. The van der Waals surface area contributed by atoms with Gasteiger partial charge in [-0.05, 0) is 33.1 Å². The average Bonchev–Trinajstić information content (AvgIpc) is 2.82. The number of hydrogen-bond donors (Lipinski definition) is 4. The molecular formula is C14H25N3O6. The van der Waals surface area contributed by atoms with Crippen molar-refractivity contribution in [3.05, 3.63) is 0 Å². The SMILES string of the molecule is CC1(C)CCCN1C(=O)CN.O=CN[C@@H](CCC(=O)O)C(=O)O. The number of nitrogens with zero attached hydrogens (tertiary/aromatic N) is 1. The number of carboxylic acids is 2. The van der Waals surface area contributed by atoms with Crippen LogP contribution in [0.2, 0.25) is 0 Å². The summed E-state index contributed by atoms with van der Waals surface area (Å²) in [5.74, 6) is -2.25. The molecule has 0 aromatic rings. The fourth-order valence-electron chi connectivity index (χ4n) is 2.31. The first kappa shape index (κ1) is 20.8. The van der Waals surface area contributed by atoms with E-state index < -0.39 is 18.0 Å². The Hall–Kier alpha value is -2.16. The maximum atomic E-state index is 11.2. The summed E-state index contributed by atoms with van der Waals surface area (Å²) in [5, 5.41) is 18.6. The van der Waals surface area contributed by atoms with Crippen molar-refractivity contribution in [2.75, 3.05) is 13.1 Å². The van der Waals surface area contributed by atoms with E-state index in [1.54, 1.807) is 0 Å². The second-order valence-electron chi connectivity index (χ2n) is 5.77. The number of nitrogens with two attached hydrogens (primary N) is 1. The van der Waals surface area contributed by atoms with Gasteiger partial charge in [0, 0.05) is 18.5 Å². The lowest BCUT2D eigenvalue weighted by Gasteiger charge is -2.31. The maximum absolute atomic E-state index is 11.2. The quantitative estimate of drug-likeness (QED) is 0.455. The van der Waals surface area contributed by atoms with E-state index in [-0.39, 0.29) is 37.2 Å². The summed E-state index contributed by atoms with van der Waals surface area (Å²) in [6.45, 7) is 5.20. The van der Waals surface area contributed by atoms with Gasteiger partial charge in [0.15, 0.2) is 0 Å². The predicted octanol–water partition coefficient (Wildman–Crippen LogP) is -0.603. The van der Waals surface area contributed by atoms with Gasteiger partial charge in [0.2, 0.25) is 12.3 Å². The highest BCUT2D eigenvalue weighted by Gasteiger charge is 2.34. The normalized spacial score (nSPS) is 16.7. The Kier molecular flexibility index (Phi) is 8.86. The van der Waals surface area contributed by atoms with E-state index >= 15 is 0 Å². The van der Waals surface area contributed by atoms with Crippen molar-refractivity contribution in [2.45, 2.75) is 51.1 Å². The van der Waals surface area contributed by atoms with Gasteiger partial charge < -0.3 is 26.2 Å². The van der Waals surface area contributed by atoms with Crippen LogP contribution in [0, 0.1) is 0 Å². The lowest BCUT2D eigenvalue weighted by Crippen LogP contribution is -2.45. The Morgan fingerprint density at radius 2 is 1.96 bits per heavy atom. The molecule has 1 atom stereocenters. The molecule has 2 amide bonds. The molecule has 1 aliphatic rings. The molecule has 1 saturated heterocycles. The predicted molar refractivity (Wildman–Crippen MR) is 81.6 cm³/mol. The molecule has 132 valence electrons. The minimum absolute atomic E-state index is 0.0381. The van der Waals surface area contributed by atoms with Gasteiger partial charge in [0.1, 0.15) is 6.04 Å². The molecule has 23 heavy (non-hydrogen) atoms. The zero-order chi connectivity index (χ0) is 18.0. The highest BCUT2D eigenvalue weighted by atomic mass is 16.4. The first-order valence-electron chi connectivity index (χ1n) is 7.30. The van der Waals surface area contributed by atoms with Gasteiger partial charge in [0.25, 0.3) is 0 Å². The summed E-state index contributed by atoms with van der Waals surface area (Å²) in [6.07, 6.45) is 2.05. The molecule has 0 bridgehead atoms. The fraction of sp³-hybridized carbons (Fsp3) is 0.714. The van der Waals surface area contributed by atoms with Gasteiger partial charge in [-0.1, -0.05) is 0 Å². The van der Waals surface area contributed by atoms with Crippen LogP contribution in [0.4, 0.5) is 0 Å². The molecular weight excluding hydrogens is 306 g/mol. The van der Waals surface area contributed by atoms with Crippen molar-refractivity contribution >= 4 is 24.3 Å². The van der Waals surface area contributed by atoms with E-state index in [2.05, 4.69) is 13.8 Å². The third-order valence-electron chi connectivity index (χ3n) is 3.59. The number of aliphatic carboxylic acids is 2. The van der Waals surface area contributed by atoms with Gasteiger partial charge in [0.05, 0.1) is 6.54 Å². The smallest absolute Gasteiger partial charge is 0.326 e. The van der Waals surface area contributed by atoms with Crippen LogP contribution in [0.25, 0.3) is 0 Å². The van der Waals surface area contributed by atoms with Crippen LogP contribution in [-0.4, -0.2) is 64.0 Å². The standard InChI is InChI=1S/C8H16N2O.C6H9NO5/c1-8(2)4-3-5-10(8)7(11)6-9;8-3-7-4(6(11)12)1-2-5(9)10/h3-6,9H2,1-2H3;3-4H,1-2H2,(H,7,8)(H,9,10)(H,11,12)/t;4-/m.0/s1. The summed E-state index contributed by atoms with van der Waals surface area (Å²) in [7, 11) is 0. The van der Waals surface area contributed by atoms with Gasteiger partial charge in [-0.25, -0.2) is 4.79 Å². The molecule has 0 aliphatic carbocycles. The van der Waals surface area contributed by atoms with E-state index in [1.165, 1.54) is 0 Å². The summed E-state index contributed by atoms with van der Waals surface area (Å²) in [5.41, 5.74) is 5.32. The first-order valence-corrected chi connectivity index (χ1v) is 7.30. The minimum atomic E-state index is -1.23. The first-order chi connectivity index (χ1) is 10.7. The molecule has 1 rings (SSSR count). The highest BCUT2D eigenvalue weighted by Crippen LogP contribution is 2.27. The van der Waals surface area contributed by atoms with Crippen molar-refractivity contribution in [1.82, 2.24) is 10.2 Å². The summed E-state index contributed by atoms with van der Waals surface area (Å²) < 4.78 is 0. The molecule has 9 nitrogen and oxygen atoms in total. The van der Waals surface area contributed by atoms with Crippen molar-refractivity contribution < 1.29 is 29.4 Å². The molecule has 9 heteroatoms. The largest absolute Gasteiger partial charge is 0.481 e. The van der Waals surface area contributed by atoms with Gasteiger partial charge in [-0.2, -0.15) is 0 Å². The number of likely N-dealkylation sites (tertiary alicyclic amines) is 1. The number of hydrogen-bond acceptors (Lipinski definition) is 5. The van der Waals surface area contributed by atoms with E-state index in [4.69, 9.17) is 15.9 Å². The molecule has 0 saturated carbocycles. The van der Waals surface area contributed by atoms with Crippen molar-refractivity contribution in [2.24, 2.45) is 5.73 Å². The molecule has 0 spiro atoms.